The zero-order chi connectivity index (χ0) is 18.9. The van der Waals surface area contributed by atoms with Gasteiger partial charge < -0.3 is 10.0 Å². The van der Waals surface area contributed by atoms with Crippen molar-refractivity contribution in [2.75, 3.05) is 18.0 Å². The number of fused-ring (bicyclic) bond motifs is 2. The summed E-state index contributed by atoms with van der Waals surface area (Å²) in [6.45, 7) is 1.23. The highest BCUT2D eigenvalue weighted by Crippen LogP contribution is 2.58. The van der Waals surface area contributed by atoms with E-state index >= 15 is 0 Å². The van der Waals surface area contributed by atoms with Gasteiger partial charge in [-0.25, -0.2) is 0 Å². The van der Waals surface area contributed by atoms with Crippen molar-refractivity contribution < 1.29 is 18.3 Å². The van der Waals surface area contributed by atoms with Crippen LogP contribution in [0.15, 0.2) is 48.5 Å². The number of rotatable bonds is 2. The van der Waals surface area contributed by atoms with Crippen LogP contribution in [0, 0.1) is 0 Å². The Labute approximate surface area is 156 Å². The molecular formula is C22H22F3NO. The van der Waals surface area contributed by atoms with E-state index in [1.54, 1.807) is 18.2 Å². The first-order valence-electron chi connectivity index (χ1n) is 9.57. The minimum absolute atomic E-state index is 0.0369. The van der Waals surface area contributed by atoms with Crippen LogP contribution in [-0.2, 0) is 11.0 Å². The second-order valence-electron chi connectivity index (χ2n) is 8.37. The molecule has 0 aromatic heterocycles. The average Bonchev–Trinajstić information content (AvgIpc) is 3.36. The van der Waals surface area contributed by atoms with Crippen LogP contribution in [0.2, 0.25) is 0 Å². The number of nitrogens with zero attached hydrogens (tertiary/aromatic N) is 1. The lowest BCUT2D eigenvalue weighted by molar-refractivity contribution is -0.268. The van der Waals surface area contributed by atoms with E-state index in [1.807, 2.05) is 12.1 Å². The van der Waals surface area contributed by atoms with Crippen LogP contribution >= 0.6 is 0 Å². The minimum atomic E-state index is -4.67. The number of anilines is 1. The molecule has 2 aliphatic carbocycles. The average molecular weight is 373 g/mol. The van der Waals surface area contributed by atoms with Crippen molar-refractivity contribution in [3.05, 3.63) is 65.2 Å². The van der Waals surface area contributed by atoms with Gasteiger partial charge in [-0.15, -0.1) is 0 Å². The lowest BCUT2D eigenvalue weighted by Gasteiger charge is -2.31. The molecule has 27 heavy (non-hydrogen) atoms. The highest BCUT2D eigenvalue weighted by atomic mass is 19.4. The molecule has 2 aromatic carbocycles. The maximum Gasteiger partial charge on any atom is 0.421 e. The molecule has 2 atom stereocenters. The summed E-state index contributed by atoms with van der Waals surface area (Å²) in [6, 6.07) is 14.9. The molecule has 2 unspecified atom stereocenters. The number of aliphatic hydroxyl groups is 1. The summed E-state index contributed by atoms with van der Waals surface area (Å²) < 4.78 is 41.4. The first-order valence-corrected chi connectivity index (χ1v) is 9.57. The monoisotopic (exact) mass is 373 g/mol. The van der Waals surface area contributed by atoms with Crippen LogP contribution in [0.5, 0.6) is 0 Å². The van der Waals surface area contributed by atoms with Gasteiger partial charge in [0.05, 0.1) is 0 Å². The standard InChI is InChI=1S/C22H22F3NO/c23-22(24,25)21(27)13-20(17-6-2-3-7-18(17)21)11-12-26(14-20)19-8-4-1-5-16(19)15-9-10-15/h1-8,15,27H,9-14H2. The van der Waals surface area contributed by atoms with Gasteiger partial charge in [0, 0.05) is 30.6 Å². The van der Waals surface area contributed by atoms with Gasteiger partial charge in [-0.1, -0.05) is 42.5 Å². The Bertz CT molecular complexity index is 891. The van der Waals surface area contributed by atoms with Crippen molar-refractivity contribution in [1.29, 1.82) is 0 Å². The van der Waals surface area contributed by atoms with E-state index in [1.165, 1.54) is 24.5 Å². The summed E-state index contributed by atoms with van der Waals surface area (Å²) >= 11 is 0. The van der Waals surface area contributed by atoms with E-state index < -0.39 is 17.2 Å². The Morgan fingerprint density at radius 2 is 1.63 bits per heavy atom. The van der Waals surface area contributed by atoms with Crippen LogP contribution < -0.4 is 4.90 Å². The van der Waals surface area contributed by atoms with Gasteiger partial charge in [0.15, 0.2) is 5.60 Å². The summed E-state index contributed by atoms with van der Waals surface area (Å²) in [7, 11) is 0. The molecular weight excluding hydrogens is 351 g/mol. The normalized spacial score (nSPS) is 30.1. The predicted octanol–water partition coefficient (Wildman–Crippen LogP) is 4.87. The molecule has 1 N–H and O–H groups in total. The molecule has 5 rings (SSSR count). The van der Waals surface area contributed by atoms with E-state index in [0.29, 0.717) is 31.0 Å². The largest absolute Gasteiger partial charge is 0.421 e. The molecule has 5 heteroatoms. The third kappa shape index (κ3) is 2.44. The number of benzene rings is 2. The van der Waals surface area contributed by atoms with E-state index in [0.717, 1.165) is 5.69 Å². The minimum Gasteiger partial charge on any atom is -0.376 e. The highest BCUT2D eigenvalue weighted by Gasteiger charge is 2.65. The molecule has 1 spiro atoms. The van der Waals surface area contributed by atoms with E-state index in [9.17, 15) is 18.3 Å². The topological polar surface area (TPSA) is 23.5 Å². The van der Waals surface area contributed by atoms with Gasteiger partial charge in [-0.3, -0.25) is 0 Å². The van der Waals surface area contributed by atoms with Crippen molar-refractivity contribution >= 4 is 5.69 Å². The van der Waals surface area contributed by atoms with Crippen molar-refractivity contribution in [3.8, 4) is 0 Å². The quantitative estimate of drug-likeness (QED) is 0.812. The van der Waals surface area contributed by atoms with Gasteiger partial charge in [0.2, 0.25) is 0 Å². The fourth-order valence-corrected chi connectivity index (χ4v) is 5.20. The van der Waals surface area contributed by atoms with Gasteiger partial charge in [-0.05, 0) is 47.9 Å². The predicted molar refractivity (Wildman–Crippen MR) is 97.9 cm³/mol. The number of halogens is 3. The van der Waals surface area contributed by atoms with Crippen molar-refractivity contribution in [1.82, 2.24) is 0 Å². The molecule has 0 radical (unpaired) electrons. The van der Waals surface area contributed by atoms with Crippen molar-refractivity contribution in [2.45, 2.75) is 48.8 Å². The molecule has 1 saturated carbocycles. The molecule has 1 heterocycles. The molecule has 2 nitrogen and oxygen atoms in total. The summed E-state index contributed by atoms with van der Waals surface area (Å²) in [5, 5.41) is 10.7. The Kier molecular flexibility index (Phi) is 3.49. The van der Waals surface area contributed by atoms with E-state index in [4.69, 9.17) is 0 Å². The lowest BCUT2D eigenvalue weighted by atomic mass is 9.80. The molecule has 1 aliphatic heterocycles. The Morgan fingerprint density at radius 3 is 2.33 bits per heavy atom. The molecule has 2 fully saturated rings. The van der Waals surface area contributed by atoms with Crippen LogP contribution in [0.1, 0.15) is 48.3 Å². The van der Waals surface area contributed by atoms with Crippen LogP contribution in [-0.4, -0.2) is 24.4 Å². The summed E-state index contributed by atoms with van der Waals surface area (Å²) in [6.07, 6.45) is -1.96. The molecule has 0 bridgehead atoms. The van der Waals surface area contributed by atoms with Gasteiger partial charge in [-0.2, -0.15) is 13.2 Å². The van der Waals surface area contributed by atoms with Crippen LogP contribution in [0.3, 0.4) is 0 Å². The SMILES string of the molecule is OC1(C(F)(F)F)CC2(CCN(c3ccccc3C3CC3)C2)c2ccccc21. The highest BCUT2D eigenvalue weighted by molar-refractivity contribution is 5.59. The van der Waals surface area contributed by atoms with Gasteiger partial charge >= 0.3 is 6.18 Å². The third-order valence-electron chi connectivity index (χ3n) is 6.66. The summed E-state index contributed by atoms with van der Waals surface area (Å²) in [5.41, 5.74) is -0.248. The Balaban J connectivity index is 1.54. The maximum atomic E-state index is 13.8. The van der Waals surface area contributed by atoms with Gasteiger partial charge in [0.1, 0.15) is 0 Å². The molecule has 2 aromatic rings. The Morgan fingerprint density at radius 1 is 0.963 bits per heavy atom. The molecule has 3 aliphatic rings. The van der Waals surface area contributed by atoms with Crippen LogP contribution in [0.4, 0.5) is 18.9 Å². The number of alkyl halides is 3. The van der Waals surface area contributed by atoms with Gasteiger partial charge in [0.25, 0.3) is 0 Å². The number of para-hydroxylation sites is 1. The third-order valence-corrected chi connectivity index (χ3v) is 6.66. The molecule has 142 valence electrons. The second kappa shape index (κ2) is 5.51. The van der Waals surface area contributed by atoms with E-state index in [2.05, 4.69) is 17.0 Å². The molecule has 0 amide bonds. The smallest absolute Gasteiger partial charge is 0.376 e. The first kappa shape index (κ1) is 17.1. The fourth-order valence-electron chi connectivity index (χ4n) is 5.20. The van der Waals surface area contributed by atoms with Crippen LogP contribution in [0.25, 0.3) is 0 Å². The lowest BCUT2D eigenvalue weighted by Crippen LogP contribution is -2.42. The van der Waals surface area contributed by atoms with Crippen molar-refractivity contribution in [3.63, 3.8) is 0 Å². The fraction of sp³-hybridized carbons (Fsp3) is 0.455. The van der Waals surface area contributed by atoms with Crippen molar-refractivity contribution in [2.24, 2.45) is 0 Å². The maximum absolute atomic E-state index is 13.8. The summed E-state index contributed by atoms with van der Waals surface area (Å²) in [5.74, 6) is 0.584. The zero-order valence-corrected chi connectivity index (χ0v) is 15.0. The number of hydrogen-bond donors (Lipinski definition) is 1. The first-order chi connectivity index (χ1) is 12.8. The number of hydrogen-bond acceptors (Lipinski definition) is 2. The Hall–Kier alpha value is -2.01. The molecule has 1 saturated heterocycles. The van der Waals surface area contributed by atoms with E-state index in [-0.39, 0.29) is 12.0 Å². The second-order valence-corrected chi connectivity index (χ2v) is 8.37. The zero-order valence-electron chi connectivity index (χ0n) is 15.0. The summed E-state index contributed by atoms with van der Waals surface area (Å²) in [4.78, 5) is 2.23.